The third-order valence-electron chi connectivity index (χ3n) is 4.34. The van der Waals surface area contributed by atoms with Gasteiger partial charge in [0, 0.05) is 51.2 Å². The third-order valence-corrected chi connectivity index (χ3v) is 4.34. The van der Waals surface area contributed by atoms with E-state index >= 15 is 0 Å². The van der Waals surface area contributed by atoms with E-state index in [1.807, 2.05) is 11.9 Å². The van der Waals surface area contributed by atoms with Gasteiger partial charge in [0.25, 0.3) is 0 Å². The molecule has 0 aromatic carbocycles. The van der Waals surface area contributed by atoms with E-state index < -0.39 is 0 Å². The van der Waals surface area contributed by atoms with Crippen LogP contribution in [0.2, 0.25) is 0 Å². The van der Waals surface area contributed by atoms with Crippen LogP contribution in [0.3, 0.4) is 0 Å². The molecule has 0 unspecified atom stereocenters. The Kier molecular flexibility index (Phi) is 4.70. The Morgan fingerprint density at radius 3 is 2.81 bits per heavy atom. The lowest BCUT2D eigenvalue weighted by Crippen LogP contribution is -2.31. The second-order valence-corrected chi connectivity index (χ2v) is 6.20. The summed E-state index contributed by atoms with van der Waals surface area (Å²) in [5.74, 6) is 0.856. The first-order valence-electron chi connectivity index (χ1n) is 7.89. The second kappa shape index (κ2) is 6.71. The fraction of sp³-hybridized carbons (Fsp3) is 0.688. The van der Waals surface area contributed by atoms with Gasteiger partial charge in [0.2, 0.25) is 0 Å². The summed E-state index contributed by atoms with van der Waals surface area (Å²) >= 11 is 0. The highest BCUT2D eigenvalue weighted by molar-refractivity contribution is 5.42. The van der Waals surface area contributed by atoms with Crippen LogP contribution in [0.4, 0.5) is 10.2 Å². The minimum Gasteiger partial charge on any atom is -0.381 e. The number of hydrogen-bond acceptors (Lipinski definition) is 4. The van der Waals surface area contributed by atoms with E-state index in [-0.39, 0.29) is 5.82 Å². The Morgan fingerprint density at radius 1 is 1.33 bits per heavy atom. The minimum absolute atomic E-state index is 0.180. The topological polar surface area (TPSA) is 37.4 Å². The largest absolute Gasteiger partial charge is 0.381 e. The van der Waals surface area contributed by atoms with Gasteiger partial charge in [-0.25, -0.2) is 9.37 Å². The van der Waals surface area contributed by atoms with Crippen molar-refractivity contribution in [2.45, 2.75) is 38.3 Å². The van der Waals surface area contributed by atoms with Gasteiger partial charge in [0.15, 0.2) is 11.6 Å². The van der Waals surface area contributed by atoms with Crippen molar-refractivity contribution in [2.75, 3.05) is 31.7 Å². The van der Waals surface area contributed by atoms with Gasteiger partial charge in [0.05, 0.1) is 0 Å². The monoisotopic (exact) mass is 293 g/mol. The van der Waals surface area contributed by atoms with Crippen LogP contribution >= 0.6 is 0 Å². The Bertz CT molecular complexity index is 473. The summed E-state index contributed by atoms with van der Waals surface area (Å²) < 4.78 is 20.0. The lowest BCUT2D eigenvalue weighted by molar-refractivity contribution is 0.0684. The maximum Gasteiger partial charge on any atom is 0.170 e. The molecule has 5 heteroatoms. The molecule has 116 valence electrons. The van der Waals surface area contributed by atoms with Gasteiger partial charge in [0.1, 0.15) is 0 Å². The van der Waals surface area contributed by atoms with Gasteiger partial charge < -0.3 is 15.0 Å². The summed E-state index contributed by atoms with van der Waals surface area (Å²) in [7, 11) is 1.93. The Morgan fingerprint density at radius 2 is 2.10 bits per heavy atom. The maximum atomic E-state index is 14.6. The van der Waals surface area contributed by atoms with Gasteiger partial charge in [-0.2, -0.15) is 0 Å². The normalized spacial score (nSPS) is 19.7. The fourth-order valence-corrected chi connectivity index (χ4v) is 2.82. The molecule has 1 aliphatic carbocycles. The van der Waals surface area contributed by atoms with Crippen LogP contribution in [0, 0.1) is 11.7 Å². The molecule has 3 rings (SSSR count). The van der Waals surface area contributed by atoms with Crippen LogP contribution < -0.4 is 10.2 Å². The zero-order valence-corrected chi connectivity index (χ0v) is 12.6. The van der Waals surface area contributed by atoms with E-state index in [4.69, 9.17) is 4.74 Å². The summed E-state index contributed by atoms with van der Waals surface area (Å²) in [6, 6.07) is 2.36. The molecule has 0 spiro atoms. The van der Waals surface area contributed by atoms with Crippen LogP contribution in [0.15, 0.2) is 12.3 Å². The lowest BCUT2D eigenvalue weighted by atomic mass is 10.00. The summed E-state index contributed by atoms with van der Waals surface area (Å²) in [5, 5.41) is 3.36. The first-order valence-corrected chi connectivity index (χ1v) is 7.89. The molecule has 21 heavy (non-hydrogen) atoms. The molecule has 2 heterocycles. The van der Waals surface area contributed by atoms with Crippen LogP contribution in [0.5, 0.6) is 0 Å². The molecule has 1 saturated carbocycles. The number of nitrogens with zero attached hydrogens (tertiary/aromatic N) is 2. The number of hydrogen-bond donors (Lipinski definition) is 1. The number of aromatic nitrogens is 1. The van der Waals surface area contributed by atoms with Gasteiger partial charge >= 0.3 is 0 Å². The molecule has 1 N–H and O–H groups in total. The average Bonchev–Trinajstić information content (AvgIpc) is 3.31. The van der Waals surface area contributed by atoms with Crippen molar-refractivity contribution in [3.8, 4) is 0 Å². The number of ether oxygens (including phenoxy) is 1. The number of anilines is 1. The summed E-state index contributed by atoms with van der Waals surface area (Å²) in [6.45, 7) is 3.07. The molecule has 0 amide bonds. The number of rotatable bonds is 6. The van der Waals surface area contributed by atoms with E-state index in [2.05, 4.69) is 10.3 Å². The highest BCUT2D eigenvalue weighted by atomic mass is 19.1. The molecule has 2 fully saturated rings. The van der Waals surface area contributed by atoms with E-state index in [0.29, 0.717) is 29.9 Å². The standard InChI is InChI=1S/C16H24FN3O/c1-20(11-12-5-8-21-9-6-12)16-15(17)13(4-7-18-16)10-19-14-2-3-14/h4,7,12,14,19H,2-3,5-6,8-11H2,1H3. The van der Waals surface area contributed by atoms with E-state index in [9.17, 15) is 4.39 Å². The average molecular weight is 293 g/mol. The van der Waals surface area contributed by atoms with E-state index in [0.717, 1.165) is 32.6 Å². The molecular weight excluding hydrogens is 269 g/mol. The van der Waals surface area contributed by atoms with Crippen molar-refractivity contribution < 1.29 is 9.13 Å². The Labute approximate surface area is 125 Å². The zero-order valence-electron chi connectivity index (χ0n) is 12.6. The highest BCUT2D eigenvalue weighted by Crippen LogP contribution is 2.24. The molecular formula is C16H24FN3O. The summed E-state index contributed by atoms with van der Waals surface area (Å²) in [4.78, 5) is 6.19. The quantitative estimate of drug-likeness (QED) is 0.873. The SMILES string of the molecule is CN(CC1CCOCC1)c1nccc(CNC2CC2)c1F. The van der Waals surface area contributed by atoms with Crippen LogP contribution in [0.25, 0.3) is 0 Å². The van der Waals surface area contributed by atoms with Crippen LogP contribution in [-0.2, 0) is 11.3 Å². The first-order chi connectivity index (χ1) is 10.2. The van der Waals surface area contributed by atoms with Crippen molar-refractivity contribution >= 4 is 5.82 Å². The van der Waals surface area contributed by atoms with Gasteiger partial charge in [-0.05, 0) is 37.7 Å². The zero-order chi connectivity index (χ0) is 14.7. The van der Waals surface area contributed by atoms with Crippen molar-refractivity contribution in [1.29, 1.82) is 0 Å². The van der Waals surface area contributed by atoms with Gasteiger partial charge in [-0.1, -0.05) is 0 Å². The lowest BCUT2D eigenvalue weighted by Gasteiger charge is -2.28. The predicted octanol–water partition coefficient (Wildman–Crippen LogP) is 2.34. The molecule has 2 aliphatic rings. The van der Waals surface area contributed by atoms with Crippen molar-refractivity contribution in [2.24, 2.45) is 5.92 Å². The molecule has 1 aromatic heterocycles. The van der Waals surface area contributed by atoms with E-state index in [1.165, 1.54) is 12.8 Å². The molecule has 0 bridgehead atoms. The molecule has 1 aliphatic heterocycles. The molecule has 0 radical (unpaired) electrons. The molecule has 1 aromatic rings. The smallest absolute Gasteiger partial charge is 0.170 e. The first kappa shape index (κ1) is 14.7. The van der Waals surface area contributed by atoms with Crippen molar-refractivity contribution in [3.63, 3.8) is 0 Å². The third kappa shape index (κ3) is 3.92. The summed E-state index contributed by atoms with van der Waals surface area (Å²) in [5.41, 5.74) is 0.714. The fourth-order valence-electron chi connectivity index (χ4n) is 2.82. The number of nitrogens with one attached hydrogen (secondary N) is 1. The maximum absolute atomic E-state index is 14.6. The van der Waals surface area contributed by atoms with E-state index in [1.54, 1.807) is 12.3 Å². The van der Waals surface area contributed by atoms with Crippen LogP contribution in [0.1, 0.15) is 31.2 Å². The Hall–Kier alpha value is -1.20. The highest BCUT2D eigenvalue weighted by Gasteiger charge is 2.22. The molecule has 4 nitrogen and oxygen atoms in total. The molecule has 0 atom stereocenters. The predicted molar refractivity (Wildman–Crippen MR) is 80.9 cm³/mol. The molecule has 1 saturated heterocycles. The Balaban J connectivity index is 1.63. The minimum atomic E-state index is -0.180. The van der Waals surface area contributed by atoms with Crippen molar-refractivity contribution in [1.82, 2.24) is 10.3 Å². The summed E-state index contributed by atoms with van der Waals surface area (Å²) in [6.07, 6.45) is 6.24. The van der Waals surface area contributed by atoms with Crippen LogP contribution in [-0.4, -0.2) is 37.8 Å². The van der Waals surface area contributed by atoms with Gasteiger partial charge in [-0.3, -0.25) is 0 Å². The number of pyridine rings is 1. The van der Waals surface area contributed by atoms with Crippen molar-refractivity contribution in [3.05, 3.63) is 23.6 Å². The second-order valence-electron chi connectivity index (χ2n) is 6.20. The number of halogens is 1. The van der Waals surface area contributed by atoms with Gasteiger partial charge in [-0.15, -0.1) is 0 Å².